The molecule has 0 aromatic carbocycles. The Balaban J connectivity index is 2.39. The Morgan fingerprint density at radius 3 is 2.88 bits per heavy atom. The molecule has 1 aliphatic rings. The minimum Gasteiger partial charge on any atom is -0.316 e. The monoisotopic (exact) mass is 238 g/mol. The molecule has 0 aliphatic carbocycles. The van der Waals surface area contributed by atoms with E-state index in [4.69, 9.17) is 0 Å². The van der Waals surface area contributed by atoms with E-state index in [1.54, 1.807) is 0 Å². The molecule has 1 saturated heterocycles. The van der Waals surface area contributed by atoms with Gasteiger partial charge in [0.15, 0.2) is 0 Å². The highest BCUT2D eigenvalue weighted by Crippen LogP contribution is 2.32. The molecule has 1 unspecified atom stereocenters. The van der Waals surface area contributed by atoms with Crippen molar-refractivity contribution in [3.63, 3.8) is 0 Å². The molecule has 0 bridgehead atoms. The van der Waals surface area contributed by atoms with Crippen molar-refractivity contribution in [3.8, 4) is 0 Å². The summed E-state index contributed by atoms with van der Waals surface area (Å²) in [5.74, 6) is 0. The molecule has 1 aliphatic heterocycles. The van der Waals surface area contributed by atoms with E-state index in [1.807, 2.05) is 6.08 Å². The predicted octanol–water partition coefficient (Wildman–Crippen LogP) is 3.05. The molecule has 2 heteroatoms. The quantitative estimate of drug-likeness (QED) is 0.516. The highest BCUT2D eigenvalue weighted by Gasteiger charge is 2.31. The average molecular weight is 238 g/mol. The van der Waals surface area contributed by atoms with Gasteiger partial charge in [0.1, 0.15) is 0 Å². The predicted molar refractivity (Wildman–Crippen MR) is 76.4 cm³/mol. The first-order valence-corrected chi connectivity index (χ1v) is 7.22. The van der Waals surface area contributed by atoms with E-state index in [1.165, 1.54) is 58.3 Å². The summed E-state index contributed by atoms with van der Waals surface area (Å²) in [5.41, 5.74) is 0.538. The lowest BCUT2D eigenvalue weighted by Crippen LogP contribution is -2.46. The third-order valence-corrected chi connectivity index (χ3v) is 3.89. The fourth-order valence-corrected chi connectivity index (χ4v) is 3.15. The van der Waals surface area contributed by atoms with Gasteiger partial charge in [-0.15, -0.1) is 6.58 Å². The lowest BCUT2D eigenvalue weighted by Gasteiger charge is -2.40. The number of allylic oxidation sites excluding steroid dienone is 1. The van der Waals surface area contributed by atoms with E-state index >= 15 is 0 Å². The van der Waals surface area contributed by atoms with Gasteiger partial charge < -0.3 is 10.2 Å². The van der Waals surface area contributed by atoms with Crippen molar-refractivity contribution in [2.45, 2.75) is 45.4 Å². The molecule has 0 aromatic heterocycles. The molecule has 0 saturated carbocycles. The molecule has 1 heterocycles. The van der Waals surface area contributed by atoms with Crippen LogP contribution in [0.25, 0.3) is 0 Å². The lowest BCUT2D eigenvalue weighted by atomic mass is 9.76. The largest absolute Gasteiger partial charge is 0.316 e. The number of rotatable bonds is 8. The van der Waals surface area contributed by atoms with E-state index in [2.05, 4.69) is 30.8 Å². The standard InChI is InChI=1S/C15H30N2/c1-4-6-7-12-17(3)14-15(9-5-2)10-8-11-16-13-15/h4,16H,1,5-14H2,2-3H3. The fourth-order valence-electron chi connectivity index (χ4n) is 3.15. The SMILES string of the molecule is C=CCCCN(C)CC1(CCC)CCCNC1. The van der Waals surface area contributed by atoms with E-state index in [9.17, 15) is 0 Å². The van der Waals surface area contributed by atoms with E-state index in [0.29, 0.717) is 5.41 Å². The number of nitrogens with zero attached hydrogens (tertiary/aromatic N) is 1. The summed E-state index contributed by atoms with van der Waals surface area (Å²) in [5, 5.41) is 3.59. The van der Waals surface area contributed by atoms with Crippen LogP contribution in [0.3, 0.4) is 0 Å². The Morgan fingerprint density at radius 2 is 2.29 bits per heavy atom. The van der Waals surface area contributed by atoms with Gasteiger partial charge in [-0.1, -0.05) is 19.4 Å². The van der Waals surface area contributed by atoms with Crippen LogP contribution in [0.5, 0.6) is 0 Å². The summed E-state index contributed by atoms with van der Waals surface area (Å²) in [6, 6.07) is 0. The number of nitrogens with one attached hydrogen (secondary N) is 1. The molecule has 1 atom stereocenters. The van der Waals surface area contributed by atoms with Gasteiger partial charge in [0.2, 0.25) is 0 Å². The first kappa shape index (κ1) is 14.7. The van der Waals surface area contributed by atoms with Crippen molar-refractivity contribution in [1.29, 1.82) is 0 Å². The number of piperidine rings is 1. The minimum absolute atomic E-state index is 0.538. The Labute approximate surface area is 107 Å². The maximum absolute atomic E-state index is 3.79. The Kier molecular flexibility index (Phi) is 6.83. The van der Waals surface area contributed by atoms with Crippen molar-refractivity contribution < 1.29 is 0 Å². The molecule has 0 spiro atoms. The summed E-state index contributed by atoms with van der Waals surface area (Å²) >= 11 is 0. The zero-order chi connectivity index (χ0) is 12.6. The van der Waals surface area contributed by atoms with Crippen LogP contribution >= 0.6 is 0 Å². The van der Waals surface area contributed by atoms with E-state index in [0.717, 1.165) is 6.42 Å². The maximum Gasteiger partial charge on any atom is 0.00471 e. The van der Waals surface area contributed by atoms with Crippen molar-refractivity contribution in [2.75, 3.05) is 33.2 Å². The second-order valence-electron chi connectivity index (χ2n) is 5.70. The fraction of sp³-hybridized carbons (Fsp3) is 0.867. The second kappa shape index (κ2) is 7.88. The smallest absolute Gasteiger partial charge is 0.00471 e. The van der Waals surface area contributed by atoms with Crippen LogP contribution in [0.4, 0.5) is 0 Å². The summed E-state index contributed by atoms with van der Waals surface area (Å²) in [7, 11) is 2.27. The molecule has 0 aromatic rings. The van der Waals surface area contributed by atoms with Gasteiger partial charge in [-0.05, 0) is 57.7 Å². The molecule has 0 radical (unpaired) electrons. The third kappa shape index (κ3) is 5.22. The van der Waals surface area contributed by atoms with Gasteiger partial charge in [-0.25, -0.2) is 0 Å². The normalized spacial score (nSPS) is 25.1. The van der Waals surface area contributed by atoms with Gasteiger partial charge in [0, 0.05) is 13.1 Å². The van der Waals surface area contributed by atoms with Crippen LogP contribution in [0.15, 0.2) is 12.7 Å². The zero-order valence-corrected chi connectivity index (χ0v) is 11.8. The van der Waals surface area contributed by atoms with Crippen molar-refractivity contribution in [2.24, 2.45) is 5.41 Å². The highest BCUT2D eigenvalue weighted by molar-refractivity contribution is 4.87. The van der Waals surface area contributed by atoms with Crippen LogP contribution < -0.4 is 5.32 Å². The summed E-state index contributed by atoms with van der Waals surface area (Å²) in [4.78, 5) is 2.52. The molecular weight excluding hydrogens is 208 g/mol. The molecule has 100 valence electrons. The number of hydrogen-bond acceptors (Lipinski definition) is 2. The summed E-state index contributed by atoms with van der Waals surface area (Å²) in [6.45, 7) is 11.0. The minimum atomic E-state index is 0.538. The van der Waals surface area contributed by atoms with Crippen LogP contribution in [-0.4, -0.2) is 38.1 Å². The van der Waals surface area contributed by atoms with Crippen LogP contribution in [-0.2, 0) is 0 Å². The van der Waals surface area contributed by atoms with Crippen LogP contribution in [0, 0.1) is 5.41 Å². The lowest BCUT2D eigenvalue weighted by molar-refractivity contribution is 0.121. The number of unbranched alkanes of at least 4 members (excludes halogenated alkanes) is 1. The second-order valence-corrected chi connectivity index (χ2v) is 5.70. The molecule has 1 rings (SSSR count). The Bertz CT molecular complexity index is 201. The van der Waals surface area contributed by atoms with Gasteiger partial charge in [0.05, 0.1) is 0 Å². The van der Waals surface area contributed by atoms with Crippen molar-refractivity contribution in [3.05, 3.63) is 12.7 Å². The van der Waals surface area contributed by atoms with Crippen LogP contribution in [0.2, 0.25) is 0 Å². The van der Waals surface area contributed by atoms with Gasteiger partial charge in [-0.2, -0.15) is 0 Å². The Hall–Kier alpha value is -0.340. The molecule has 0 amide bonds. The molecular formula is C15H30N2. The summed E-state index contributed by atoms with van der Waals surface area (Å²) < 4.78 is 0. The molecule has 17 heavy (non-hydrogen) atoms. The zero-order valence-electron chi connectivity index (χ0n) is 11.8. The highest BCUT2D eigenvalue weighted by atomic mass is 15.1. The van der Waals surface area contributed by atoms with Gasteiger partial charge >= 0.3 is 0 Å². The first-order chi connectivity index (χ1) is 8.22. The van der Waals surface area contributed by atoms with E-state index < -0.39 is 0 Å². The maximum atomic E-state index is 3.79. The van der Waals surface area contributed by atoms with Crippen LogP contribution in [0.1, 0.15) is 45.4 Å². The Morgan fingerprint density at radius 1 is 1.47 bits per heavy atom. The topological polar surface area (TPSA) is 15.3 Å². The van der Waals surface area contributed by atoms with Crippen molar-refractivity contribution in [1.82, 2.24) is 10.2 Å². The number of hydrogen-bond donors (Lipinski definition) is 1. The molecule has 1 N–H and O–H groups in total. The first-order valence-electron chi connectivity index (χ1n) is 7.22. The van der Waals surface area contributed by atoms with Gasteiger partial charge in [-0.3, -0.25) is 0 Å². The van der Waals surface area contributed by atoms with E-state index in [-0.39, 0.29) is 0 Å². The summed E-state index contributed by atoms with van der Waals surface area (Å²) in [6.07, 6.45) is 9.84. The third-order valence-electron chi connectivity index (χ3n) is 3.89. The van der Waals surface area contributed by atoms with Crippen molar-refractivity contribution >= 4 is 0 Å². The molecule has 1 fully saturated rings. The molecule has 2 nitrogen and oxygen atoms in total. The van der Waals surface area contributed by atoms with Gasteiger partial charge in [0.25, 0.3) is 0 Å². The average Bonchev–Trinajstić information content (AvgIpc) is 2.30.